The molecule has 0 saturated carbocycles. The molecule has 0 atom stereocenters. The van der Waals surface area contributed by atoms with Crippen LogP contribution in [0.15, 0.2) is 58.5 Å². The van der Waals surface area contributed by atoms with Gasteiger partial charge in [0.15, 0.2) is 11.5 Å². The number of rotatable bonds is 5. The van der Waals surface area contributed by atoms with E-state index in [0.717, 1.165) is 0 Å². The summed E-state index contributed by atoms with van der Waals surface area (Å²) in [5, 5.41) is 13.4. The van der Waals surface area contributed by atoms with Gasteiger partial charge in [-0.25, -0.2) is 0 Å². The smallest absolute Gasteiger partial charge is 0.276 e. The number of phenols is 1. The van der Waals surface area contributed by atoms with Gasteiger partial charge in [-0.15, -0.1) is 0 Å². The highest BCUT2D eigenvalue weighted by molar-refractivity contribution is 7.89. The Bertz CT molecular complexity index is 786. The van der Waals surface area contributed by atoms with Gasteiger partial charge >= 0.3 is 0 Å². The van der Waals surface area contributed by atoms with E-state index in [1.807, 2.05) is 0 Å². The van der Waals surface area contributed by atoms with Crippen LogP contribution >= 0.6 is 0 Å². The molecule has 0 radical (unpaired) electrons. The molecule has 0 fully saturated rings. The van der Waals surface area contributed by atoms with Crippen LogP contribution in [0.5, 0.6) is 11.5 Å². The summed E-state index contributed by atoms with van der Waals surface area (Å²) < 4.78 is 29.1. The van der Waals surface area contributed by atoms with Crippen LogP contribution in [-0.4, -0.2) is 26.3 Å². The number of nitrogens with one attached hydrogen (secondary N) is 1. The molecule has 2 rings (SSSR count). The molecule has 7 heteroatoms. The van der Waals surface area contributed by atoms with Crippen LogP contribution in [0.25, 0.3) is 0 Å². The Hall–Kier alpha value is -2.54. The molecule has 0 saturated heterocycles. The van der Waals surface area contributed by atoms with Crippen LogP contribution in [0.2, 0.25) is 0 Å². The normalized spacial score (nSPS) is 12.0. The molecule has 0 spiro atoms. The molecule has 0 unspecified atom stereocenters. The summed E-state index contributed by atoms with van der Waals surface area (Å²) in [6.45, 7) is 1.65. The summed E-state index contributed by atoms with van der Waals surface area (Å²) >= 11 is 0. The van der Waals surface area contributed by atoms with Crippen molar-refractivity contribution < 1.29 is 18.3 Å². The number of sulfonamides is 1. The third-order valence-electron chi connectivity index (χ3n) is 2.98. The lowest BCUT2D eigenvalue weighted by Crippen LogP contribution is -2.19. The van der Waals surface area contributed by atoms with Gasteiger partial charge in [-0.3, -0.25) is 0 Å². The number of ether oxygens (including phenoxy) is 1. The fourth-order valence-corrected chi connectivity index (χ4v) is 2.63. The maximum absolute atomic E-state index is 12.1. The largest absolute Gasteiger partial charge is 0.504 e. The molecular formula is C15H16N2O4S. The third-order valence-corrected chi connectivity index (χ3v) is 4.21. The number of nitrogens with zero attached hydrogens (tertiary/aromatic N) is 1. The molecule has 0 aromatic heterocycles. The topological polar surface area (TPSA) is 88.0 Å². The Balaban J connectivity index is 2.23. The summed E-state index contributed by atoms with van der Waals surface area (Å²) in [5.41, 5.74) is 1.07. The first-order valence-electron chi connectivity index (χ1n) is 6.42. The van der Waals surface area contributed by atoms with Gasteiger partial charge in [0.2, 0.25) is 0 Å². The van der Waals surface area contributed by atoms with Gasteiger partial charge in [-0.1, -0.05) is 18.2 Å². The van der Waals surface area contributed by atoms with Gasteiger partial charge in [0.25, 0.3) is 10.0 Å². The van der Waals surface area contributed by atoms with Crippen molar-refractivity contribution in [2.75, 3.05) is 7.11 Å². The van der Waals surface area contributed by atoms with Gasteiger partial charge in [0.05, 0.1) is 17.7 Å². The highest BCUT2D eigenvalue weighted by Gasteiger charge is 2.12. The van der Waals surface area contributed by atoms with Gasteiger partial charge in [0, 0.05) is 5.56 Å². The van der Waals surface area contributed by atoms with Gasteiger partial charge < -0.3 is 9.84 Å². The summed E-state index contributed by atoms with van der Waals surface area (Å²) in [5.74, 6) is 0.293. The van der Waals surface area contributed by atoms with E-state index in [4.69, 9.17) is 4.74 Å². The first-order chi connectivity index (χ1) is 10.4. The van der Waals surface area contributed by atoms with Crippen molar-refractivity contribution in [3.63, 3.8) is 0 Å². The first-order valence-corrected chi connectivity index (χ1v) is 7.91. The average molecular weight is 320 g/mol. The molecule has 0 aliphatic carbocycles. The van der Waals surface area contributed by atoms with Crippen LogP contribution in [0.3, 0.4) is 0 Å². The van der Waals surface area contributed by atoms with E-state index in [1.165, 1.54) is 25.3 Å². The molecule has 0 bridgehead atoms. The predicted molar refractivity (Wildman–Crippen MR) is 83.6 cm³/mol. The predicted octanol–water partition coefficient (Wildman–Crippen LogP) is 2.10. The van der Waals surface area contributed by atoms with E-state index in [9.17, 15) is 13.5 Å². The van der Waals surface area contributed by atoms with Crippen molar-refractivity contribution in [3.8, 4) is 11.5 Å². The Labute approximate surface area is 129 Å². The second kappa shape index (κ2) is 6.48. The van der Waals surface area contributed by atoms with E-state index < -0.39 is 10.0 Å². The molecule has 0 aliphatic heterocycles. The molecule has 22 heavy (non-hydrogen) atoms. The van der Waals surface area contributed by atoms with Crippen molar-refractivity contribution in [1.29, 1.82) is 0 Å². The van der Waals surface area contributed by atoms with Crippen LogP contribution in [0.1, 0.15) is 12.5 Å². The third kappa shape index (κ3) is 3.56. The molecular weight excluding hydrogens is 304 g/mol. The molecule has 2 aromatic rings. The lowest BCUT2D eigenvalue weighted by molar-refractivity contribution is 0.373. The highest BCUT2D eigenvalue weighted by Crippen LogP contribution is 2.26. The lowest BCUT2D eigenvalue weighted by Gasteiger charge is -2.07. The maximum atomic E-state index is 12.1. The lowest BCUT2D eigenvalue weighted by atomic mass is 10.1. The van der Waals surface area contributed by atoms with Crippen molar-refractivity contribution >= 4 is 15.7 Å². The Morgan fingerprint density at radius 1 is 1.18 bits per heavy atom. The minimum absolute atomic E-state index is 0.00363. The zero-order valence-electron chi connectivity index (χ0n) is 12.1. The number of methoxy groups -OCH3 is 1. The Kier molecular flexibility index (Phi) is 4.67. The van der Waals surface area contributed by atoms with Crippen molar-refractivity contribution in [1.82, 2.24) is 4.83 Å². The second-order valence-electron chi connectivity index (χ2n) is 4.49. The molecule has 0 aliphatic rings. The number of phenolic OH excluding ortho intramolecular Hbond substituents is 1. The monoisotopic (exact) mass is 320 g/mol. The minimum Gasteiger partial charge on any atom is -0.504 e. The van der Waals surface area contributed by atoms with Gasteiger partial charge in [0.1, 0.15) is 0 Å². The number of hydrogen-bond donors (Lipinski definition) is 2. The van der Waals surface area contributed by atoms with E-state index in [0.29, 0.717) is 11.3 Å². The van der Waals surface area contributed by atoms with Crippen molar-refractivity contribution in [2.24, 2.45) is 5.10 Å². The van der Waals surface area contributed by atoms with Crippen molar-refractivity contribution in [3.05, 3.63) is 54.1 Å². The van der Waals surface area contributed by atoms with Crippen molar-refractivity contribution in [2.45, 2.75) is 11.8 Å². The van der Waals surface area contributed by atoms with E-state index in [2.05, 4.69) is 9.93 Å². The van der Waals surface area contributed by atoms with Crippen LogP contribution < -0.4 is 9.57 Å². The number of hydrazone groups is 1. The zero-order chi connectivity index (χ0) is 16.2. The molecule has 0 heterocycles. The molecule has 2 N–H and O–H groups in total. The maximum Gasteiger partial charge on any atom is 0.276 e. The van der Waals surface area contributed by atoms with Crippen LogP contribution in [0, 0.1) is 0 Å². The van der Waals surface area contributed by atoms with Crippen LogP contribution in [0.4, 0.5) is 0 Å². The van der Waals surface area contributed by atoms with Gasteiger partial charge in [-0.05, 0) is 37.3 Å². The summed E-state index contributed by atoms with van der Waals surface area (Å²) in [7, 11) is -2.27. The van der Waals surface area contributed by atoms with E-state index in [1.54, 1.807) is 37.3 Å². The average Bonchev–Trinajstić information content (AvgIpc) is 2.54. The minimum atomic E-state index is -3.71. The quantitative estimate of drug-likeness (QED) is 0.652. The van der Waals surface area contributed by atoms with Crippen LogP contribution in [-0.2, 0) is 10.0 Å². The highest BCUT2D eigenvalue weighted by atomic mass is 32.2. The summed E-state index contributed by atoms with van der Waals surface area (Å²) in [6.07, 6.45) is 0. The van der Waals surface area contributed by atoms with E-state index >= 15 is 0 Å². The first kappa shape index (κ1) is 15.8. The SMILES string of the molecule is COc1cc(/C(C)=N/NS(=O)(=O)c2ccccc2)ccc1O. The van der Waals surface area contributed by atoms with Gasteiger partial charge in [-0.2, -0.15) is 18.4 Å². The fourth-order valence-electron chi connectivity index (χ4n) is 1.75. The zero-order valence-corrected chi connectivity index (χ0v) is 13.0. The Morgan fingerprint density at radius 2 is 1.86 bits per heavy atom. The summed E-state index contributed by atoms with van der Waals surface area (Å²) in [4.78, 5) is 2.32. The number of benzene rings is 2. The number of aromatic hydroxyl groups is 1. The second-order valence-corrected chi connectivity index (χ2v) is 6.15. The standard InChI is InChI=1S/C15H16N2O4S/c1-11(12-8-9-14(18)15(10-12)21-2)16-17-22(19,20)13-6-4-3-5-7-13/h3-10,17-18H,1-2H3/b16-11+. The molecule has 116 valence electrons. The molecule has 6 nitrogen and oxygen atoms in total. The summed E-state index contributed by atoms with van der Waals surface area (Å²) in [6, 6.07) is 12.6. The molecule has 2 aromatic carbocycles. The fraction of sp³-hybridized carbons (Fsp3) is 0.133. The Morgan fingerprint density at radius 3 is 2.50 bits per heavy atom. The number of hydrogen-bond acceptors (Lipinski definition) is 5. The van der Waals surface area contributed by atoms with E-state index in [-0.39, 0.29) is 16.4 Å². The molecule has 0 amide bonds.